The smallest absolute Gasteiger partial charge is 0.375 e. The molecule has 0 saturated carbocycles. The average Bonchev–Trinajstić information content (AvgIpc) is 2.27. The van der Waals surface area contributed by atoms with E-state index in [1.165, 1.54) is 0 Å². The van der Waals surface area contributed by atoms with Crippen molar-refractivity contribution in [3.8, 4) is 11.8 Å². The molecular weight excluding hydrogens is 287 g/mol. The molecule has 0 unspecified atom stereocenters. The molecule has 0 aliphatic heterocycles. The zero-order valence-corrected chi connectivity index (χ0v) is 10.2. The number of benzene rings is 1. The van der Waals surface area contributed by atoms with Gasteiger partial charge < -0.3 is 4.18 Å². The average molecular weight is 293 g/mol. The lowest BCUT2D eigenvalue weighted by molar-refractivity contribution is -0.0500. The molecule has 1 rings (SSSR count). The summed E-state index contributed by atoms with van der Waals surface area (Å²) < 4.78 is 62.0. The van der Waals surface area contributed by atoms with Gasteiger partial charge in [0.1, 0.15) is 0 Å². The van der Waals surface area contributed by atoms with Crippen LogP contribution in [0.25, 0.3) is 0 Å². The molecule has 0 saturated heterocycles. The number of carbonyl (C=O) groups excluding carboxylic acids is 1. The Morgan fingerprint density at radius 1 is 1.37 bits per heavy atom. The molecule has 0 radical (unpaired) electrons. The van der Waals surface area contributed by atoms with E-state index in [0.717, 1.165) is 25.1 Å². The predicted molar refractivity (Wildman–Crippen MR) is 56.8 cm³/mol. The van der Waals surface area contributed by atoms with Crippen LogP contribution in [0.2, 0.25) is 0 Å². The largest absolute Gasteiger partial charge is 0.534 e. The van der Waals surface area contributed by atoms with Gasteiger partial charge in [0.15, 0.2) is 11.5 Å². The van der Waals surface area contributed by atoms with E-state index >= 15 is 0 Å². The van der Waals surface area contributed by atoms with Crippen LogP contribution in [0.5, 0.6) is 5.75 Å². The lowest BCUT2D eigenvalue weighted by Gasteiger charge is -2.11. The van der Waals surface area contributed by atoms with E-state index in [1.54, 1.807) is 6.07 Å². The van der Waals surface area contributed by atoms with Crippen LogP contribution in [-0.4, -0.2) is 19.7 Å². The zero-order chi connectivity index (χ0) is 14.8. The fourth-order valence-corrected chi connectivity index (χ4v) is 1.59. The van der Waals surface area contributed by atoms with Crippen molar-refractivity contribution < 1.29 is 30.6 Å². The third-order valence-corrected chi connectivity index (χ3v) is 2.94. The Morgan fingerprint density at radius 3 is 2.37 bits per heavy atom. The minimum atomic E-state index is -5.86. The van der Waals surface area contributed by atoms with Crippen molar-refractivity contribution in [2.24, 2.45) is 0 Å². The molecule has 0 aliphatic carbocycles. The molecule has 0 atom stereocenters. The van der Waals surface area contributed by atoms with Gasteiger partial charge in [0.25, 0.3) is 0 Å². The van der Waals surface area contributed by atoms with E-state index in [0.29, 0.717) is 0 Å². The number of hydrogen-bond donors (Lipinski definition) is 0. The summed E-state index contributed by atoms with van der Waals surface area (Å²) in [5.74, 6) is -1.51. The molecule has 19 heavy (non-hydrogen) atoms. The van der Waals surface area contributed by atoms with Gasteiger partial charge in [-0.2, -0.15) is 26.9 Å². The Hall–Kier alpha value is -2.08. The fourth-order valence-electron chi connectivity index (χ4n) is 1.11. The highest BCUT2D eigenvalue weighted by Crippen LogP contribution is 2.29. The molecule has 0 heterocycles. The summed E-state index contributed by atoms with van der Waals surface area (Å²) in [7, 11) is -5.86. The van der Waals surface area contributed by atoms with Gasteiger partial charge in [-0.05, 0) is 25.1 Å². The molecule has 0 spiro atoms. The Morgan fingerprint density at radius 2 is 1.95 bits per heavy atom. The van der Waals surface area contributed by atoms with Gasteiger partial charge in [0.2, 0.25) is 0 Å². The monoisotopic (exact) mass is 293 g/mol. The van der Waals surface area contributed by atoms with Gasteiger partial charge >= 0.3 is 15.6 Å². The van der Waals surface area contributed by atoms with Crippen LogP contribution < -0.4 is 4.18 Å². The molecule has 0 N–H and O–H groups in total. The van der Waals surface area contributed by atoms with E-state index in [4.69, 9.17) is 5.26 Å². The van der Waals surface area contributed by atoms with Crippen LogP contribution in [0, 0.1) is 11.3 Å². The first-order chi connectivity index (χ1) is 8.58. The minimum Gasteiger partial charge on any atom is -0.375 e. The molecule has 0 aliphatic rings. The molecule has 0 aromatic heterocycles. The van der Waals surface area contributed by atoms with Gasteiger partial charge in [0, 0.05) is 0 Å². The summed E-state index contributed by atoms with van der Waals surface area (Å²) >= 11 is 0. The van der Waals surface area contributed by atoms with E-state index < -0.39 is 32.7 Å². The lowest BCUT2D eigenvalue weighted by atomic mass is 10.1. The normalized spacial score (nSPS) is 11.7. The number of alkyl halides is 3. The van der Waals surface area contributed by atoms with Crippen molar-refractivity contribution >= 4 is 15.9 Å². The van der Waals surface area contributed by atoms with Crippen LogP contribution in [0.4, 0.5) is 13.2 Å². The maximum Gasteiger partial charge on any atom is 0.534 e. The standard InChI is InChI=1S/C10H6F3NO4S/c1-6(15)8-4-7(5-14)2-3-9(8)18-19(16,17)10(11,12)13/h2-4H,1H3. The molecule has 102 valence electrons. The summed E-state index contributed by atoms with van der Waals surface area (Å²) in [4.78, 5) is 11.2. The second-order valence-corrected chi connectivity index (χ2v) is 4.90. The van der Waals surface area contributed by atoms with E-state index in [-0.39, 0.29) is 5.56 Å². The third-order valence-electron chi connectivity index (χ3n) is 1.97. The number of rotatable bonds is 3. The molecule has 1 aromatic carbocycles. The number of Topliss-reactive ketones (excluding diaryl/α,β-unsaturated/α-hetero) is 1. The van der Waals surface area contributed by atoms with Crippen molar-refractivity contribution in [1.82, 2.24) is 0 Å². The van der Waals surface area contributed by atoms with Crippen LogP contribution >= 0.6 is 0 Å². The van der Waals surface area contributed by atoms with Crippen molar-refractivity contribution in [2.45, 2.75) is 12.4 Å². The van der Waals surface area contributed by atoms with Gasteiger partial charge in [-0.3, -0.25) is 4.79 Å². The van der Waals surface area contributed by atoms with Gasteiger partial charge in [0.05, 0.1) is 17.2 Å². The van der Waals surface area contributed by atoms with Gasteiger partial charge in [-0.15, -0.1) is 0 Å². The van der Waals surface area contributed by atoms with Gasteiger partial charge in [-0.1, -0.05) is 0 Å². The van der Waals surface area contributed by atoms with E-state index in [2.05, 4.69) is 4.18 Å². The molecule has 0 amide bonds. The van der Waals surface area contributed by atoms with Crippen LogP contribution in [0.15, 0.2) is 18.2 Å². The number of halogens is 3. The number of hydrogen-bond acceptors (Lipinski definition) is 5. The lowest BCUT2D eigenvalue weighted by Crippen LogP contribution is -2.28. The highest BCUT2D eigenvalue weighted by atomic mass is 32.2. The van der Waals surface area contributed by atoms with Crippen molar-refractivity contribution in [1.29, 1.82) is 5.26 Å². The first kappa shape index (κ1) is 15.0. The molecule has 5 nitrogen and oxygen atoms in total. The Labute approximate surface area is 106 Å². The first-order valence-corrected chi connectivity index (χ1v) is 6.05. The zero-order valence-electron chi connectivity index (χ0n) is 9.35. The molecular formula is C10H6F3NO4S. The first-order valence-electron chi connectivity index (χ1n) is 4.64. The second-order valence-electron chi connectivity index (χ2n) is 3.36. The molecule has 1 aromatic rings. The maximum atomic E-state index is 12.1. The van der Waals surface area contributed by atoms with Crippen molar-refractivity contribution in [3.05, 3.63) is 29.3 Å². The molecule has 9 heteroatoms. The Balaban J connectivity index is 3.31. The highest BCUT2D eigenvalue weighted by Gasteiger charge is 2.48. The van der Waals surface area contributed by atoms with E-state index in [9.17, 15) is 26.4 Å². The number of nitrogens with zero attached hydrogens (tertiary/aromatic N) is 1. The Bertz CT molecular complexity index is 658. The fraction of sp³-hybridized carbons (Fsp3) is 0.200. The van der Waals surface area contributed by atoms with Crippen LogP contribution in [-0.2, 0) is 10.1 Å². The number of nitriles is 1. The summed E-state index contributed by atoms with van der Waals surface area (Å²) in [5.41, 5.74) is -6.04. The molecule has 0 fully saturated rings. The number of carbonyl (C=O) groups is 1. The summed E-state index contributed by atoms with van der Waals surface area (Å²) in [6.45, 7) is 1.00. The summed E-state index contributed by atoms with van der Waals surface area (Å²) in [5, 5.41) is 8.60. The van der Waals surface area contributed by atoms with E-state index in [1.807, 2.05) is 0 Å². The van der Waals surface area contributed by atoms with Gasteiger partial charge in [-0.25, -0.2) is 0 Å². The van der Waals surface area contributed by atoms with Crippen molar-refractivity contribution in [2.75, 3.05) is 0 Å². The second kappa shape index (κ2) is 4.89. The Kier molecular flexibility index (Phi) is 3.86. The van der Waals surface area contributed by atoms with Crippen LogP contribution in [0.1, 0.15) is 22.8 Å². The quantitative estimate of drug-likeness (QED) is 0.483. The number of ketones is 1. The van der Waals surface area contributed by atoms with Crippen molar-refractivity contribution in [3.63, 3.8) is 0 Å². The topological polar surface area (TPSA) is 84.2 Å². The molecule has 0 bridgehead atoms. The predicted octanol–water partition coefficient (Wildman–Crippen LogP) is 1.99. The highest BCUT2D eigenvalue weighted by molar-refractivity contribution is 7.88. The SMILES string of the molecule is CC(=O)c1cc(C#N)ccc1OS(=O)(=O)C(F)(F)F. The summed E-state index contributed by atoms with van der Waals surface area (Å²) in [6.07, 6.45) is 0. The maximum absolute atomic E-state index is 12.1. The summed E-state index contributed by atoms with van der Waals surface area (Å²) in [6, 6.07) is 4.46. The third kappa shape index (κ3) is 3.23. The minimum absolute atomic E-state index is 0.0121. The van der Waals surface area contributed by atoms with Crippen LogP contribution in [0.3, 0.4) is 0 Å².